The van der Waals surface area contributed by atoms with Gasteiger partial charge in [0.2, 0.25) is 0 Å². The number of nitro benzene ring substituents is 1. The van der Waals surface area contributed by atoms with E-state index in [0.29, 0.717) is 37.2 Å². The third-order valence-electron chi connectivity index (χ3n) is 5.28. The van der Waals surface area contributed by atoms with Crippen molar-refractivity contribution in [2.75, 3.05) is 18.4 Å². The van der Waals surface area contributed by atoms with Crippen molar-refractivity contribution in [3.05, 3.63) is 58.0 Å². The maximum Gasteiger partial charge on any atom is 0.293 e. The third-order valence-corrected chi connectivity index (χ3v) is 5.28. The molecule has 2 N–H and O–H groups in total. The zero-order chi connectivity index (χ0) is 20.4. The van der Waals surface area contributed by atoms with Gasteiger partial charge in [0.05, 0.1) is 16.7 Å². The van der Waals surface area contributed by atoms with Crippen molar-refractivity contribution in [1.29, 1.82) is 0 Å². The second kappa shape index (κ2) is 7.94. The maximum absolute atomic E-state index is 12.6. The van der Waals surface area contributed by atoms with Crippen LogP contribution < -0.4 is 10.6 Å². The Kier molecular flexibility index (Phi) is 5.20. The van der Waals surface area contributed by atoms with Gasteiger partial charge in [-0.05, 0) is 43.9 Å². The van der Waals surface area contributed by atoms with Crippen molar-refractivity contribution < 1.29 is 18.9 Å². The van der Waals surface area contributed by atoms with E-state index in [1.54, 1.807) is 23.1 Å². The number of likely N-dealkylation sites (tertiary alicyclic amines) is 1. The summed E-state index contributed by atoms with van der Waals surface area (Å²) >= 11 is 0. The van der Waals surface area contributed by atoms with E-state index in [0.717, 1.165) is 12.8 Å². The Labute approximate surface area is 167 Å². The highest BCUT2D eigenvalue weighted by molar-refractivity contribution is 5.96. The number of nitrogens with one attached hydrogen (secondary N) is 2. The molecule has 1 saturated heterocycles. The van der Waals surface area contributed by atoms with Crippen LogP contribution in [0.2, 0.25) is 0 Å². The van der Waals surface area contributed by atoms with Gasteiger partial charge in [-0.2, -0.15) is 0 Å². The predicted octanol–water partition coefficient (Wildman–Crippen LogP) is 2.80. The lowest BCUT2D eigenvalue weighted by atomic mass is 10.0. The van der Waals surface area contributed by atoms with E-state index >= 15 is 0 Å². The molecule has 0 bridgehead atoms. The van der Waals surface area contributed by atoms with Gasteiger partial charge in [-0.1, -0.05) is 0 Å². The number of piperidine rings is 1. The zero-order valence-electron chi connectivity index (χ0n) is 15.8. The molecular weight excluding hydrogens is 376 g/mol. The van der Waals surface area contributed by atoms with Gasteiger partial charge in [0.1, 0.15) is 12.0 Å². The molecule has 1 aromatic heterocycles. The number of nitrogens with zero attached hydrogens (tertiary/aromatic N) is 2. The van der Waals surface area contributed by atoms with Gasteiger partial charge >= 0.3 is 0 Å². The summed E-state index contributed by atoms with van der Waals surface area (Å²) in [6.45, 7) is 1.05. The fraction of sp³-hybridized carbons (Fsp3) is 0.400. The van der Waals surface area contributed by atoms with E-state index < -0.39 is 4.92 Å². The fourth-order valence-corrected chi connectivity index (χ4v) is 3.46. The van der Waals surface area contributed by atoms with Gasteiger partial charge < -0.3 is 20.0 Å². The minimum Gasteiger partial charge on any atom is -0.472 e. The van der Waals surface area contributed by atoms with Crippen LogP contribution in [-0.2, 0) is 0 Å². The van der Waals surface area contributed by atoms with E-state index in [-0.39, 0.29) is 35.1 Å². The van der Waals surface area contributed by atoms with Crippen LogP contribution in [0.25, 0.3) is 0 Å². The molecule has 0 spiro atoms. The number of nitro groups is 1. The Morgan fingerprint density at radius 3 is 2.45 bits per heavy atom. The smallest absolute Gasteiger partial charge is 0.293 e. The van der Waals surface area contributed by atoms with Crippen molar-refractivity contribution in [1.82, 2.24) is 10.2 Å². The Hall–Kier alpha value is -3.36. The summed E-state index contributed by atoms with van der Waals surface area (Å²) in [4.78, 5) is 37.6. The second-order valence-corrected chi connectivity index (χ2v) is 7.46. The Bertz CT molecular complexity index is 915. The first-order valence-corrected chi connectivity index (χ1v) is 9.68. The summed E-state index contributed by atoms with van der Waals surface area (Å²) in [6.07, 6.45) is 6.13. The minimum atomic E-state index is -0.471. The van der Waals surface area contributed by atoms with E-state index in [4.69, 9.17) is 4.42 Å². The standard InChI is InChI=1S/C20H22N4O5/c25-19(13-1-4-17(21-15-2-3-15)18(11-13)24(27)28)22-16-5-8-23(9-6-16)20(26)14-7-10-29-12-14/h1,4,7,10-12,15-16,21H,2-3,5-6,8-9H2,(H,22,25). The molecule has 152 valence electrons. The van der Waals surface area contributed by atoms with E-state index in [1.807, 2.05) is 0 Å². The number of hydrogen-bond acceptors (Lipinski definition) is 6. The lowest BCUT2D eigenvalue weighted by molar-refractivity contribution is -0.384. The normalized spacial score (nSPS) is 17.0. The molecule has 0 unspecified atom stereocenters. The first-order valence-electron chi connectivity index (χ1n) is 9.68. The van der Waals surface area contributed by atoms with Crippen LogP contribution in [-0.4, -0.2) is 46.8 Å². The molecule has 1 saturated carbocycles. The van der Waals surface area contributed by atoms with Crippen LogP contribution in [0.1, 0.15) is 46.4 Å². The van der Waals surface area contributed by atoms with Crippen LogP contribution in [0.5, 0.6) is 0 Å². The van der Waals surface area contributed by atoms with Gasteiger partial charge in [-0.25, -0.2) is 0 Å². The first-order chi connectivity index (χ1) is 14.0. The van der Waals surface area contributed by atoms with Crippen LogP contribution in [0.15, 0.2) is 41.2 Å². The van der Waals surface area contributed by atoms with Gasteiger partial charge in [0.15, 0.2) is 0 Å². The number of amides is 2. The van der Waals surface area contributed by atoms with Gasteiger partial charge in [0.25, 0.3) is 17.5 Å². The number of anilines is 1. The summed E-state index contributed by atoms with van der Waals surface area (Å²) in [5.41, 5.74) is 1.12. The first kappa shape index (κ1) is 19.0. The Morgan fingerprint density at radius 2 is 1.83 bits per heavy atom. The highest BCUT2D eigenvalue weighted by Crippen LogP contribution is 2.31. The van der Waals surface area contributed by atoms with Gasteiger partial charge in [-0.15, -0.1) is 0 Å². The molecule has 0 atom stereocenters. The van der Waals surface area contributed by atoms with Crippen molar-refractivity contribution in [2.45, 2.75) is 37.8 Å². The predicted molar refractivity (Wildman–Crippen MR) is 105 cm³/mol. The zero-order valence-corrected chi connectivity index (χ0v) is 15.8. The molecule has 2 amide bonds. The minimum absolute atomic E-state index is 0.0841. The Balaban J connectivity index is 1.35. The van der Waals surface area contributed by atoms with Crippen molar-refractivity contribution >= 4 is 23.2 Å². The number of carbonyl (C=O) groups is 2. The molecule has 29 heavy (non-hydrogen) atoms. The largest absolute Gasteiger partial charge is 0.472 e. The Morgan fingerprint density at radius 1 is 1.07 bits per heavy atom. The topological polar surface area (TPSA) is 118 Å². The van der Waals surface area contributed by atoms with Crippen molar-refractivity contribution in [3.63, 3.8) is 0 Å². The molecule has 4 rings (SSSR count). The average Bonchev–Trinajstić information content (AvgIpc) is 3.37. The second-order valence-electron chi connectivity index (χ2n) is 7.46. The van der Waals surface area contributed by atoms with Crippen molar-refractivity contribution in [3.8, 4) is 0 Å². The highest BCUT2D eigenvalue weighted by atomic mass is 16.6. The van der Waals surface area contributed by atoms with Crippen LogP contribution >= 0.6 is 0 Å². The molecule has 1 aliphatic heterocycles. The summed E-state index contributed by atoms with van der Waals surface area (Å²) in [5, 5.41) is 17.4. The summed E-state index contributed by atoms with van der Waals surface area (Å²) in [5.74, 6) is -0.427. The monoisotopic (exact) mass is 398 g/mol. The van der Waals surface area contributed by atoms with E-state index in [9.17, 15) is 19.7 Å². The van der Waals surface area contributed by atoms with Crippen LogP contribution in [0.4, 0.5) is 11.4 Å². The number of carbonyl (C=O) groups excluding carboxylic acids is 2. The van der Waals surface area contributed by atoms with Crippen LogP contribution in [0.3, 0.4) is 0 Å². The molecular formula is C20H22N4O5. The molecule has 1 aliphatic carbocycles. The fourth-order valence-electron chi connectivity index (χ4n) is 3.46. The van der Waals surface area contributed by atoms with Crippen LogP contribution in [0, 0.1) is 10.1 Å². The number of rotatable bonds is 6. The van der Waals surface area contributed by atoms with Gasteiger partial charge in [-0.3, -0.25) is 19.7 Å². The molecule has 1 aromatic carbocycles. The van der Waals surface area contributed by atoms with E-state index in [1.165, 1.54) is 18.6 Å². The molecule has 2 heterocycles. The number of furan rings is 1. The average molecular weight is 398 g/mol. The number of benzene rings is 1. The number of hydrogen-bond donors (Lipinski definition) is 2. The maximum atomic E-state index is 12.6. The molecule has 0 radical (unpaired) electrons. The summed E-state index contributed by atoms with van der Waals surface area (Å²) < 4.78 is 4.95. The van der Waals surface area contributed by atoms with Crippen molar-refractivity contribution in [2.24, 2.45) is 0 Å². The quantitative estimate of drug-likeness (QED) is 0.571. The van der Waals surface area contributed by atoms with E-state index in [2.05, 4.69) is 10.6 Å². The molecule has 9 heteroatoms. The third kappa shape index (κ3) is 4.39. The molecule has 2 aromatic rings. The molecule has 9 nitrogen and oxygen atoms in total. The lowest BCUT2D eigenvalue weighted by Crippen LogP contribution is -2.46. The molecule has 2 aliphatic rings. The highest BCUT2D eigenvalue weighted by Gasteiger charge is 2.27. The summed E-state index contributed by atoms with van der Waals surface area (Å²) in [6, 6.07) is 6.34. The molecule has 2 fully saturated rings. The van der Waals surface area contributed by atoms with Gasteiger partial charge in [0, 0.05) is 36.8 Å². The summed E-state index contributed by atoms with van der Waals surface area (Å²) in [7, 11) is 0. The SMILES string of the molecule is O=C(NC1CCN(C(=O)c2ccoc2)CC1)c1ccc(NC2CC2)c([N+](=O)[O-])c1. The lowest BCUT2D eigenvalue weighted by Gasteiger charge is -2.32.